The number of benzene rings is 3. The maximum absolute atomic E-state index is 13.1. The fraction of sp³-hybridized carbons (Fsp3) is 0.240. The molecule has 0 bridgehead atoms. The highest BCUT2D eigenvalue weighted by Gasteiger charge is 2.28. The van der Waals surface area contributed by atoms with Crippen molar-refractivity contribution >= 4 is 31.5 Å². The second-order valence-corrected chi connectivity index (χ2v) is 12.4. The van der Waals surface area contributed by atoms with Crippen LogP contribution in [0.5, 0.6) is 0 Å². The molecule has 0 unspecified atom stereocenters. The van der Waals surface area contributed by atoms with Crippen LogP contribution in [0.3, 0.4) is 0 Å². The molecule has 0 atom stereocenters. The first kappa shape index (κ1) is 24.1. The summed E-state index contributed by atoms with van der Waals surface area (Å²) >= 11 is 0. The molecule has 3 aromatic carbocycles. The van der Waals surface area contributed by atoms with Crippen molar-refractivity contribution in [2.45, 2.75) is 36.1 Å². The molecule has 0 radical (unpaired) electrons. The molecule has 4 rings (SSSR count). The standard InChI is InChI=1S/C25H26N2O5S2/c1-19-7-11-24(12-8-19)34(31,32)27-15-13-20-9-10-22(17-21(20)18-27)26-25(28)14-16-33(29,30)23-5-3-2-4-6-23/h2-12,17H,13-16,18H2,1H3,(H,26,28). The maximum atomic E-state index is 13.1. The van der Waals surface area contributed by atoms with Gasteiger partial charge in [-0.05, 0) is 60.9 Å². The summed E-state index contributed by atoms with van der Waals surface area (Å²) in [6.07, 6.45) is 0.395. The molecule has 1 heterocycles. The zero-order valence-electron chi connectivity index (χ0n) is 18.8. The molecule has 0 fully saturated rings. The molecule has 34 heavy (non-hydrogen) atoms. The number of fused-ring (bicyclic) bond motifs is 1. The Labute approximate surface area is 200 Å². The Kier molecular flexibility index (Phi) is 6.88. The third kappa shape index (κ3) is 5.38. The number of sulfonamides is 1. The first-order valence-electron chi connectivity index (χ1n) is 10.9. The average Bonchev–Trinajstić information content (AvgIpc) is 2.83. The summed E-state index contributed by atoms with van der Waals surface area (Å²) in [6, 6.07) is 20.2. The number of hydrogen-bond donors (Lipinski definition) is 1. The molecule has 0 aliphatic carbocycles. The van der Waals surface area contributed by atoms with Gasteiger partial charge in [-0.3, -0.25) is 4.79 Å². The summed E-state index contributed by atoms with van der Waals surface area (Å²) in [4.78, 5) is 12.9. The van der Waals surface area contributed by atoms with Gasteiger partial charge >= 0.3 is 0 Å². The number of rotatable bonds is 7. The second kappa shape index (κ2) is 9.69. The molecule has 1 amide bonds. The molecular weight excluding hydrogens is 472 g/mol. The fourth-order valence-corrected chi connectivity index (χ4v) is 6.55. The summed E-state index contributed by atoms with van der Waals surface area (Å²) < 4.78 is 52.4. The topological polar surface area (TPSA) is 101 Å². The van der Waals surface area contributed by atoms with E-state index in [9.17, 15) is 21.6 Å². The van der Waals surface area contributed by atoms with Gasteiger partial charge in [0.15, 0.2) is 9.84 Å². The van der Waals surface area contributed by atoms with Crippen molar-refractivity contribution < 1.29 is 21.6 Å². The minimum absolute atomic E-state index is 0.178. The SMILES string of the molecule is Cc1ccc(S(=O)(=O)N2CCc3ccc(NC(=O)CCS(=O)(=O)c4ccccc4)cc3C2)cc1. The number of carbonyl (C=O) groups excluding carboxylic acids is 1. The number of carbonyl (C=O) groups is 1. The van der Waals surface area contributed by atoms with Gasteiger partial charge in [0.05, 0.1) is 15.5 Å². The van der Waals surface area contributed by atoms with Gasteiger partial charge in [0, 0.05) is 25.2 Å². The summed E-state index contributed by atoms with van der Waals surface area (Å²) in [7, 11) is -7.18. The van der Waals surface area contributed by atoms with Crippen LogP contribution in [0.15, 0.2) is 82.6 Å². The fourth-order valence-electron chi connectivity index (χ4n) is 3.87. The van der Waals surface area contributed by atoms with Crippen molar-refractivity contribution in [1.29, 1.82) is 0 Å². The molecule has 0 spiro atoms. The highest BCUT2D eigenvalue weighted by atomic mass is 32.2. The number of hydrogen-bond acceptors (Lipinski definition) is 5. The van der Waals surface area contributed by atoms with Gasteiger partial charge < -0.3 is 5.32 Å². The molecule has 7 nitrogen and oxygen atoms in total. The molecule has 0 saturated heterocycles. The smallest absolute Gasteiger partial charge is 0.243 e. The van der Waals surface area contributed by atoms with Crippen LogP contribution < -0.4 is 5.32 Å². The van der Waals surface area contributed by atoms with Gasteiger partial charge in [-0.1, -0.05) is 42.0 Å². The summed E-state index contributed by atoms with van der Waals surface area (Å²) in [5.74, 6) is -0.713. The zero-order valence-corrected chi connectivity index (χ0v) is 20.4. The van der Waals surface area contributed by atoms with Gasteiger partial charge in [-0.2, -0.15) is 4.31 Å². The average molecular weight is 499 g/mol. The molecule has 1 aliphatic heterocycles. The van der Waals surface area contributed by atoms with E-state index in [2.05, 4.69) is 5.32 Å². The predicted octanol–water partition coefficient (Wildman–Crippen LogP) is 3.54. The first-order chi connectivity index (χ1) is 16.1. The van der Waals surface area contributed by atoms with Crippen LogP contribution in [0.2, 0.25) is 0 Å². The molecule has 178 valence electrons. The molecule has 0 saturated carbocycles. The highest BCUT2D eigenvalue weighted by molar-refractivity contribution is 7.91. The van der Waals surface area contributed by atoms with Crippen LogP contribution in [0, 0.1) is 6.92 Å². The van der Waals surface area contributed by atoms with Crippen molar-refractivity contribution in [1.82, 2.24) is 4.31 Å². The summed E-state index contributed by atoms with van der Waals surface area (Å²) in [5.41, 5.74) is 3.34. The van der Waals surface area contributed by atoms with Gasteiger partial charge in [-0.25, -0.2) is 16.8 Å². The zero-order chi connectivity index (χ0) is 24.3. The van der Waals surface area contributed by atoms with Crippen molar-refractivity contribution in [3.8, 4) is 0 Å². The number of aryl methyl sites for hydroxylation is 1. The predicted molar refractivity (Wildman–Crippen MR) is 131 cm³/mol. The van der Waals surface area contributed by atoms with Crippen LogP contribution in [-0.2, 0) is 37.6 Å². The van der Waals surface area contributed by atoms with Crippen LogP contribution in [0.4, 0.5) is 5.69 Å². The molecule has 3 aromatic rings. The maximum Gasteiger partial charge on any atom is 0.243 e. The number of nitrogens with one attached hydrogen (secondary N) is 1. The van der Waals surface area contributed by atoms with Crippen molar-refractivity contribution in [3.05, 3.63) is 89.5 Å². The lowest BCUT2D eigenvalue weighted by atomic mass is 10.0. The van der Waals surface area contributed by atoms with Crippen molar-refractivity contribution in [2.24, 2.45) is 0 Å². The summed E-state index contributed by atoms with van der Waals surface area (Å²) in [6.45, 7) is 2.49. The monoisotopic (exact) mass is 498 g/mol. The van der Waals surface area contributed by atoms with Crippen molar-refractivity contribution in [2.75, 3.05) is 17.6 Å². The van der Waals surface area contributed by atoms with Crippen LogP contribution in [-0.4, -0.2) is 39.3 Å². The van der Waals surface area contributed by atoms with E-state index in [1.807, 2.05) is 13.0 Å². The Morgan fingerprint density at radius 1 is 0.882 bits per heavy atom. The Bertz CT molecular complexity index is 1400. The van der Waals surface area contributed by atoms with Gasteiger partial charge in [-0.15, -0.1) is 0 Å². The lowest BCUT2D eigenvalue weighted by Gasteiger charge is -2.28. The quantitative estimate of drug-likeness (QED) is 0.537. The van der Waals surface area contributed by atoms with E-state index in [4.69, 9.17) is 0 Å². The van der Waals surface area contributed by atoms with Crippen LogP contribution in [0.1, 0.15) is 23.1 Å². The van der Waals surface area contributed by atoms with Crippen molar-refractivity contribution in [3.63, 3.8) is 0 Å². The minimum Gasteiger partial charge on any atom is -0.326 e. The first-order valence-corrected chi connectivity index (χ1v) is 14.0. The number of amides is 1. The Morgan fingerprint density at radius 2 is 1.59 bits per heavy atom. The Hall–Kier alpha value is -3.01. The van der Waals surface area contributed by atoms with Gasteiger partial charge in [0.25, 0.3) is 0 Å². The summed E-state index contributed by atoms with van der Waals surface area (Å²) in [5, 5.41) is 2.74. The number of anilines is 1. The van der Waals surface area contributed by atoms with Crippen LogP contribution in [0.25, 0.3) is 0 Å². The third-order valence-corrected chi connectivity index (χ3v) is 9.42. The molecule has 9 heteroatoms. The Balaban J connectivity index is 1.43. The lowest BCUT2D eigenvalue weighted by Crippen LogP contribution is -2.36. The van der Waals surface area contributed by atoms with Crippen LogP contribution >= 0.6 is 0 Å². The number of nitrogens with zero attached hydrogens (tertiary/aromatic N) is 1. The van der Waals surface area contributed by atoms with E-state index >= 15 is 0 Å². The van der Waals surface area contributed by atoms with E-state index in [-0.39, 0.29) is 28.5 Å². The van der Waals surface area contributed by atoms with E-state index in [1.165, 1.54) is 16.4 Å². The van der Waals surface area contributed by atoms with E-state index in [0.717, 1.165) is 16.7 Å². The molecule has 0 aromatic heterocycles. The van der Waals surface area contributed by atoms with Gasteiger partial charge in [0.1, 0.15) is 0 Å². The Morgan fingerprint density at radius 3 is 2.29 bits per heavy atom. The minimum atomic E-state index is -3.63. The normalized spacial score (nSPS) is 14.4. The van der Waals surface area contributed by atoms with Gasteiger partial charge in [0.2, 0.25) is 15.9 Å². The van der Waals surface area contributed by atoms with E-state index in [0.29, 0.717) is 18.7 Å². The molecular formula is C25H26N2O5S2. The third-order valence-electron chi connectivity index (χ3n) is 5.83. The lowest BCUT2D eigenvalue weighted by molar-refractivity contribution is -0.115. The number of sulfone groups is 1. The second-order valence-electron chi connectivity index (χ2n) is 8.32. The molecule has 1 N–H and O–H groups in total. The van der Waals surface area contributed by atoms with E-state index < -0.39 is 25.8 Å². The highest BCUT2D eigenvalue weighted by Crippen LogP contribution is 2.27. The van der Waals surface area contributed by atoms with E-state index in [1.54, 1.807) is 54.6 Å². The largest absolute Gasteiger partial charge is 0.326 e. The molecule has 1 aliphatic rings.